The Balaban J connectivity index is 1.93. The molecule has 5 nitrogen and oxygen atoms in total. The Morgan fingerprint density at radius 2 is 2.35 bits per heavy atom. The number of nitrogens with one attached hydrogen (secondary N) is 1. The Morgan fingerprint density at radius 3 is 3.06 bits per heavy atom. The summed E-state index contributed by atoms with van der Waals surface area (Å²) in [7, 11) is 0. The lowest BCUT2D eigenvalue weighted by molar-refractivity contribution is 0.0509. The molecular weight excluding hydrogens is 220 g/mol. The molecule has 0 radical (unpaired) electrons. The third kappa shape index (κ3) is 2.55. The summed E-state index contributed by atoms with van der Waals surface area (Å²) in [6.45, 7) is 3.42. The van der Waals surface area contributed by atoms with Crippen LogP contribution in [0.1, 0.15) is 32.6 Å². The summed E-state index contributed by atoms with van der Waals surface area (Å²) >= 11 is 0. The Labute approximate surface area is 102 Å². The Morgan fingerprint density at radius 1 is 1.53 bits per heavy atom. The molecule has 98 valence electrons. The topological polar surface area (TPSA) is 61.8 Å². The molecule has 2 fully saturated rings. The van der Waals surface area contributed by atoms with Gasteiger partial charge in [-0.15, -0.1) is 0 Å². The van der Waals surface area contributed by atoms with Crippen LogP contribution in [0.5, 0.6) is 0 Å². The van der Waals surface area contributed by atoms with E-state index in [0.29, 0.717) is 6.61 Å². The molecule has 0 aromatic rings. The fraction of sp³-hybridized carbons (Fsp3) is 0.917. The molecule has 2 N–H and O–H groups in total. The van der Waals surface area contributed by atoms with Crippen LogP contribution in [-0.4, -0.2) is 54.0 Å². The highest BCUT2D eigenvalue weighted by atomic mass is 16.6. The number of aliphatic hydroxyl groups is 1. The molecule has 3 atom stereocenters. The van der Waals surface area contributed by atoms with Crippen LogP contribution in [0.4, 0.5) is 4.79 Å². The van der Waals surface area contributed by atoms with Gasteiger partial charge < -0.3 is 15.2 Å². The molecule has 2 heterocycles. The van der Waals surface area contributed by atoms with Gasteiger partial charge in [-0.05, 0) is 19.3 Å². The van der Waals surface area contributed by atoms with E-state index in [-0.39, 0.29) is 30.8 Å². The largest absolute Gasteiger partial charge is 0.449 e. The number of ether oxygens (including phenoxy) is 1. The fourth-order valence-electron chi connectivity index (χ4n) is 2.78. The predicted molar refractivity (Wildman–Crippen MR) is 63.8 cm³/mol. The van der Waals surface area contributed by atoms with Crippen molar-refractivity contribution in [2.75, 3.05) is 19.8 Å². The number of carbonyl (C=O) groups is 1. The number of fused-ring (bicyclic) bond motifs is 2. The lowest BCUT2D eigenvalue weighted by atomic mass is 10.1. The van der Waals surface area contributed by atoms with Crippen LogP contribution in [0.15, 0.2) is 0 Å². The van der Waals surface area contributed by atoms with E-state index in [2.05, 4.69) is 12.2 Å². The van der Waals surface area contributed by atoms with Crippen LogP contribution in [-0.2, 0) is 4.74 Å². The van der Waals surface area contributed by atoms with Crippen LogP contribution < -0.4 is 5.32 Å². The molecule has 2 saturated heterocycles. The summed E-state index contributed by atoms with van der Waals surface area (Å²) in [6.07, 6.45) is 3.71. The van der Waals surface area contributed by atoms with E-state index in [1.165, 1.54) is 0 Å². The van der Waals surface area contributed by atoms with E-state index in [9.17, 15) is 9.90 Å². The summed E-state index contributed by atoms with van der Waals surface area (Å²) in [5.41, 5.74) is 0. The van der Waals surface area contributed by atoms with Gasteiger partial charge in [0.1, 0.15) is 0 Å². The van der Waals surface area contributed by atoms with Gasteiger partial charge in [-0.3, -0.25) is 4.90 Å². The predicted octanol–water partition coefficient (Wildman–Crippen LogP) is 0.720. The van der Waals surface area contributed by atoms with Crippen LogP contribution >= 0.6 is 0 Å². The summed E-state index contributed by atoms with van der Waals surface area (Å²) in [5, 5.41) is 12.6. The van der Waals surface area contributed by atoms with Crippen molar-refractivity contribution in [2.24, 2.45) is 0 Å². The van der Waals surface area contributed by atoms with Gasteiger partial charge in [0.25, 0.3) is 0 Å². The second kappa shape index (κ2) is 5.69. The van der Waals surface area contributed by atoms with Gasteiger partial charge in [0.2, 0.25) is 0 Å². The SMILES string of the molecule is CCCCOC(=O)N1[C@@H]2CC[C@H]1[C@@H](CO)NC2. The zero-order valence-electron chi connectivity index (χ0n) is 10.4. The highest BCUT2D eigenvalue weighted by Gasteiger charge is 2.45. The molecule has 0 saturated carbocycles. The molecule has 2 rings (SSSR count). The van der Waals surface area contributed by atoms with E-state index < -0.39 is 0 Å². The summed E-state index contributed by atoms with van der Waals surface area (Å²) in [5.74, 6) is 0. The molecule has 0 spiro atoms. The zero-order valence-corrected chi connectivity index (χ0v) is 10.4. The maximum Gasteiger partial charge on any atom is 0.410 e. The van der Waals surface area contributed by atoms with Crippen molar-refractivity contribution in [1.82, 2.24) is 10.2 Å². The molecule has 17 heavy (non-hydrogen) atoms. The Hall–Kier alpha value is -0.810. The maximum absolute atomic E-state index is 12.0. The minimum absolute atomic E-state index is 0.00692. The molecule has 0 unspecified atom stereocenters. The molecule has 5 heteroatoms. The minimum atomic E-state index is -0.203. The number of rotatable bonds is 4. The van der Waals surface area contributed by atoms with E-state index in [1.54, 1.807) is 0 Å². The first kappa shape index (κ1) is 12.6. The summed E-state index contributed by atoms with van der Waals surface area (Å²) < 4.78 is 5.27. The Bertz CT molecular complexity index is 272. The summed E-state index contributed by atoms with van der Waals surface area (Å²) in [4.78, 5) is 13.8. The minimum Gasteiger partial charge on any atom is -0.449 e. The lowest BCUT2D eigenvalue weighted by Crippen LogP contribution is -2.60. The highest BCUT2D eigenvalue weighted by molar-refractivity contribution is 5.69. The third-order valence-electron chi connectivity index (χ3n) is 3.76. The van der Waals surface area contributed by atoms with Crippen LogP contribution in [0.25, 0.3) is 0 Å². The van der Waals surface area contributed by atoms with Gasteiger partial charge in [-0.25, -0.2) is 4.79 Å². The average molecular weight is 242 g/mol. The number of carbonyl (C=O) groups excluding carboxylic acids is 1. The number of aliphatic hydroxyl groups excluding tert-OH is 1. The van der Waals surface area contributed by atoms with Crippen LogP contribution in [0.2, 0.25) is 0 Å². The second-order valence-corrected chi connectivity index (χ2v) is 4.87. The van der Waals surface area contributed by atoms with Crippen molar-refractivity contribution in [1.29, 1.82) is 0 Å². The molecular formula is C12H22N2O3. The van der Waals surface area contributed by atoms with Crippen molar-refractivity contribution in [3.05, 3.63) is 0 Å². The highest BCUT2D eigenvalue weighted by Crippen LogP contribution is 2.30. The van der Waals surface area contributed by atoms with Crippen molar-refractivity contribution in [2.45, 2.75) is 50.7 Å². The van der Waals surface area contributed by atoms with Crippen molar-refractivity contribution < 1.29 is 14.6 Å². The van der Waals surface area contributed by atoms with E-state index in [4.69, 9.17) is 4.74 Å². The van der Waals surface area contributed by atoms with Crippen molar-refractivity contribution in [3.63, 3.8) is 0 Å². The van der Waals surface area contributed by atoms with Crippen molar-refractivity contribution in [3.8, 4) is 0 Å². The molecule has 2 aliphatic heterocycles. The van der Waals surface area contributed by atoms with Gasteiger partial charge in [-0.2, -0.15) is 0 Å². The fourth-order valence-corrected chi connectivity index (χ4v) is 2.78. The van der Waals surface area contributed by atoms with E-state index >= 15 is 0 Å². The first-order valence-corrected chi connectivity index (χ1v) is 6.57. The standard InChI is InChI=1S/C12H22N2O3/c1-2-3-6-17-12(16)14-9-4-5-11(14)10(8-15)13-7-9/h9-11,13,15H,2-8H2,1H3/t9-,10-,11+/m1/s1. The molecule has 0 aromatic carbocycles. The molecule has 0 aromatic heterocycles. The van der Waals surface area contributed by atoms with Crippen molar-refractivity contribution >= 4 is 6.09 Å². The smallest absolute Gasteiger partial charge is 0.410 e. The number of nitrogens with zero attached hydrogens (tertiary/aromatic N) is 1. The number of unbranched alkanes of at least 4 members (excludes halogenated alkanes) is 1. The zero-order chi connectivity index (χ0) is 12.3. The van der Waals surface area contributed by atoms with Gasteiger partial charge in [-0.1, -0.05) is 13.3 Å². The van der Waals surface area contributed by atoms with E-state index in [0.717, 1.165) is 32.2 Å². The van der Waals surface area contributed by atoms with Crippen LogP contribution in [0.3, 0.4) is 0 Å². The van der Waals surface area contributed by atoms with Gasteiger partial charge in [0, 0.05) is 12.6 Å². The first-order chi connectivity index (χ1) is 8.27. The quantitative estimate of drug-likeness (QED) is 0.713. The molecule has 2 bridgehead atoms. The lowest BCUT2D eigenvalue weighted by Gasteiger charge is -2.39. The second-order valence-electron chi connectivity index (χ2n) is 4.87. The van der Waals surface area contributed by atoms with E-state index in [1.807, 2.05) is 4.90 Å². The molecule has 2 aliphatic rings. The Kier molecular flexibility index (Phi) is 4.23. The average Bonchev–Trinajstić information content (AvgIpc) is 2.65. The maximum atomic E-state index is 12.0. The third-order valence-corrected chi connectivity index (χ3v) is 3.76. The normalized spacial score (nSPS) is 31.6. The number of hydrogen-bond donors (Lipinski definition) is 2. The van der Waals surface area contributed by atoms with Gasteiger partial charge in [0.05, 0.1) is 25.3 Å². The van der Waals surface area contributed by atoms with Crippen LogP contribution in [0, 0.1) is 0 Å². The van der Waals surface area contributed by atoms with Gasteiger partial charge in [0.15, 0.2) is 0 Å². The number of amides is 1. The summed E-state index contributed by atoms with van der Waals surface area (Å²) in [6, 6.07) is 0.359. The molecule has 1 amide bonds. The van der Waals surface area contributed by atoms with Gasteiger partial charge >= 0.3 is 6.09 Å². The first-order valence-electron chi connectivity index (χ1n) is 6.57. The number of piperazine rings is 1. The monoisotopic (exact) mass is 242 g/mol. The molecule has 0 aliphatic carbocycles. The number of hydrogen-bond acceptors (Lipinski definition) is 4.